The number of primary amides is 1. The van der Waals surface area contributed by atoms with Crippen LogP contribution in [0.1, 0.15) is 21.6 Å². The maximum atomic E-state index is 12.9. The SMILES string of the molecule is Cc1ccccc1-n1c(C)c(C(N)=O)c2ccccc2c1=O. The van der Waals surface area contributed by atoms with E-state index in [0.717, 1.165) is 11.3 Å². The van der Waals surface area contributed by atoms with Crippen molar-refractivity contribution in [1.29, 1.82) is 0 Å². The quantitative estimate of drug-likeness (QED) is 0.789. The Morgan fingerprint density at radius 2 is 1.55 bits per heavy atom. The molecule has 22 heavy (non-hydrogen) atoms. The molecular weight excluding hydrogens is 276 g/mol. The largest absolute Gasteiger partial charge is 0.366 e. The summed E-state index contributed by atoms with van der Waals surface area (Å²) in [6, 6.07) is 14.6. The molecule has 0 spiro atoms. The zero-order valence-electron chi connectivity index (χ0n) is 12.5. The number of carbonyl (C=O) groups is 1. The molecule has 1 amide bonds. The zero-order chi connectivity index (χ0) is 15.9. The van der Waals surface area contributed by atoms with Gasteiger partial charge in [-0.25, -0.2) is 0 Å². The number of pyridine rings is 1. The summed E-state index contributed by atoms with van der Waals surface area (Å²) in [7, 11) is 0. The van der Waals surface area contributed by atoms with Gasteiger partial charge in [0.15, 0.2) is 0 Å². The number of fused-ring (bicyclic) bond motifs is 1. The van der Waals surface area contributed by atoms with Crippen molar-refractivity contribution in [2.45, 2.75) is 13.8 Å². The van der Waals surface area contributed by atoms with Crippen molar-refractivity contribution in [2.75, 3.05) is 0 Å². The fraction of sp³-hybridized carbons (Fsp3) is 0.111. The summed E-state index contributed by atoms with van der Waals surface area (Å²) in [5.74, 6) is -0.531. The molecule has 0 aliphatic heterocycles. The summed E-state index contributed by atoms with van der Waals surface area (Å²) in [5.41, 5.74) is 8.08. The molecule has 2 N–H and O–H groups in total. The van der Waals surface area contributed by atoms with Crippen LogP contribution in [0.4, 0.5) is 0 Å². The third-order valence-corrected chi connectivity index (χ3v) is 3.93. The number of para-hydroxylation sites is 1. The lowest BCUT2D eigenvalue weighted by molar-refractivity contribution is 0.100. The molecule has 0 atom stereocenters. The highest BCUT2D eigenvalue weighted by molar-refractivity contribution is 6.07. The highest BCUT2D eigenvalue weighted by Gasteiger charge is 2.18. The average molecular weight is 292 g/mol. The van der Waals surface area contributed by atoms with E-state index in [0.29, 0.717) is 22.0 Å². The molecule has 3 rings (SSSR count). The first-order valence-electron chi connectivity index (χ1n) is 7.02. The van der Waals surface area contributed by atoms with Crippen molar-refractivity contribution >= 4 is 16.7 Å². The van der Waals surface area contributed by atoms with E-state index in [2.05, 4.69) is 0 Å². The van der Waals surface area contributed by atoms with Crippen molar-refractivity contribution in [3.8, 4) is 5.69 Å². The van der Waals surface area contributed by atoms with Gasteiger partial charge in [0.2, 0.25) is 0 Å². The van der Waals surface area contributed by atoms with E-state index < -0.39 is 5.91 Å². The molecule has 3 aromatic rings. The van der Waals surface area contributed by atoms with Gasteiger partial charge in [0.25, 0.3) is 11.5 Å². The van der Waals surface area contributed by atoms with Crippen LogP contribution in [0.25, 0.3) is 16.5 Å². The van der Waals surface area contributed by atoms with Crippen LogP contribution in [-0.4, -0.2) is 10.5 Å². The van der Waals surface area contributed by atoms with E-state index in [1.807, 2.05) is 31.2 Å². The van der Waals surface area contributed by atoms with Crippen molar-refractivity contribution in [3.05, 3.63) is 75.7 Å². The van der Waals surface area contributed by atoms with Crippen molar-refractivity contribution in [1.82, 2.24) is 4.57 Å². The smallest absolute Gasteiger partial charge is 0.263 e. The van der Waals surface area contributed by atoms with Gasteiger partial charge in [0.1, 0.15) is 0 Å². The summed E-state index contributed by atoms with van der Waals surface area (Å²) in [5, 5.41) is 1.09. The molecule has 2 aromatic carbocycles. The third kappa shape index (κ3) is 2.00. The second-order valence-electron chi connectivity index (χ2n) is 5.30. The molecule has 4 heteroatoms. The van der Waals surface area contributed by atoms with Crippen LogP contribution in [0.15, 0.2) is 53.3 Å². The Kier molecular flexibility index (Phi) is 3.29. The summed E-state index contributed by atoms with van der Waals surface area (Å²) in [6.45, 7) is 3.68. The molecule has 0 saturated carbocycles. The van der Waals surface area contributed by atoms with E-state index >= 15 is 0 Å². The van der Waals surface area contributed by atoms with Crippen LogP contribution in [0.3, 0.4) is 0 Å². The van der Waals surface area contributed by atoms with Gasteiger partial charge in [0.05, 0.1) is 11.3 Å². The third-order valence-electron chi connectivity index (χ3n) is 3.93. The first-order chi connectivity index (χ1) is 10.5. The Labute approximate surface area is 127 Å². The van der Waals surface area contributed by atoms with Crippen LogP contribution < -0.4 is 11.3 Å². The van der Waals surface area contributed by atoms with Crippen molar-refractivity contribution < 1.29 is 4.79 Å². The Bertz CT molecular complexity index is 955. The van der Waals surface area contributed by atoms with Gasteiger partial charge >= 0.3 is 0 Å². The van der Waals surface area contributed by atoms with Gasteiger partial charge in [-0.1, -0.05) is 36.4 Å². The monoisotopic (exact) mass is 292 g/mol. The van der Waals surface area contributed by atoms with E-state index in [9.17, 15) is 9.59 Å². The topological polar surface area (TPSA) is 65.1 Å². The number of amides is 1. The van der Waals surface area contributed by atoms with Crippen LogP contribution in [-0.2, 0) is 0 Å². The van der Waals surface area contributed by atoms with E-state index in [4.69, 9.17) is 5.73 Å². The summed E-state index contributed by atoms with van der Waals surface area (Å²) in [4.78, 5) is 24.8. The van der Waals surface area contributed by atoms with Gasteiger partial charge < -0.3 is 5.73 Å². The fourth-order valence-corrected chi connectivity index (χ4v) is 2.88. The van der Waals surface area contributed by atoms with Gasteiger partial charge in [-0.15, -0.1) is 0 Å². The Balaban J connectivity index is 2.55. The Hall–Kier alpha value is -2.88. The highest BCUT2D eigenvalue weighted by atomic mass is 16.1. The number of rotatable bonds is 2. The first kappa shape index (κ1) is 14.1. The summed E-state index contributed by atoms with van der Waals surface area (Å²) < 4.78 is 1.57. The molecule has 0 aliphatic rings. The van der Waals surface area contributed by atoms with E-state index in [-0.39, 0.29) is 5.56 Å². The summed E-state index contributed by atoms with van der Waals surface area (Å²) >= 11 is 0. The van der Waals surface area contributed by atoms with Crippen LogP contribution in [0.5, 0.6) is 0 Å². The number of hydrogen-bond acceptors (Lipinski definition) is 2. The normalized spacial score (nSPS) is 10.8. The number of hydrogen-bond donors (Lipinski definition) is 1. The maximum absolute atomic E-state index is 12.9. The minimum Gasteiger partial charge on any atom is -0.366 e. The zero-order valence-corrected chi connectivity index (χ0v) is 12.5. The number of benzene rings is 2. The number of carbonyl (C=O) groups excluding carboxylic acids is 1. The molecular formula is C18H16N2O2. The van der Waals surface area contributed by atoms with Crippen LogP contribution >= 0.6 is 0 Å². The molecule has 110 valence electrons. The number of nitrogens with two attached hydrogens (primary N) is 1. The van der Waals surface area contributed by atoms with Gasteiger partial charge in [-0.2, -0.15) is 0 Å². The molecule has 4 nitrogen and oxygen atoms in total. The number of aryl methyl sites for hydroxylation is 1. The average Bonchev–Trinajstić information content (AvgIpc) is 2.49. The van der Waals surface area contributed by atoms with Crippen molar-refractivity contribution in [2.24, 2.45) is 5.73 Å². The van der Waals surface area contributed by atoms with Gasteiger partial charge in [-0.3, -0.25) is 14.2 Å². The molecule has 0 unspecified atom stereocenters. The lowest BCUT2D eigenvalue weighted by Crippen LogP contribution is -2.26. The minimum atomic E-state index is -0.531. The second-order valence-corrected chi connectivity index (χ2v) is 5.30. The number of aromatic nitrogens is 1. The fourth-order valence-electron chi connectivity index (χ4n) is 2.88. The van der Waals surface area contributed by atoms with Gasteiger partial charge in [0, 0.05) is 16.5 Å². The molecule has 1 aromatic heterocycles. The molecule has 0 bridgehead atoms. The Morgan fingerprint density at radius 1 is 0.955 bits per heavy atom. The summed E-state index contributed by atoms with van der Waals surface area (Å²) in [6.07, 6.45) is 0. The molecule has 0 radical (unpaired) electrons. The first-order valence-corrected chi connectivity index (χ1v) is 7.02. The molecule has 1 heterocycles. The number of nitrogens with zero attached hydrogens (tertiary/aromatic N) is 1. The molecule has 0 saturated heterocycles. The lowest BCUT2D eigenvalue weighted by atomic mass is 10.0. The standard InChI is InChI=1S/C18H16N2O2/c1-11-7-3-6-10-15(11)20-12(2)16(17(19)21)13-8-4-5-9-14(13)18(20)22/h3-10H,1-2H3,(H2,19,21). The molecule has 0 aliphatic carbocycles. The predicted octanol–water partition coefficient (Wildman–Crippen LogP) is 2.71. The maximum Gasteiger partial charge on any atom is 0.263 e. The van der Waals surface area contributed by atoms with Crippen molar-refractivity contribution in [3.63, 3.8) is 0 Å². The van der Waals surface area contributed by atoms with E-state index in [1.54, 1.807) is 35.8 Å². The van der Waals surface area contributed by atoms with E-state index in [1.165, 1.54) is 0 Å². The van der Waals surface area contributed by atoms with Crippen LogP contribution in [0.2, 0.25) is 0 Å². The predicted molar refractivity (Wildman–Crippen MR) is 87.5 cm³/mol. The van der Waals surface area contributed by atoms with Gasteiger partial charge in [-0.05, 0) is 31.5 Å². The molecule has 0 fully saturated rings. The minimum absolute atomic E-state index is 0.146. The second kappa shape index (κ2) is 5.15. The highest BCUT2D eigenvalue weighted by Crippen LogP contribution is 2.22. The lowest BCUT2D eigenvalue weighted by Gasteiger charge is -2.17. The Morgan fingerprint density at radius 3 is 2.18 bits per heavy atom. The van der Waals surface area contributed by atoms with Crippen LogP contribution in [0, 0.1) is 13.8 Å².